The van der Waals surface area contributed by atoms with Crippen molar-refractivity contribution in [3.05, 3.63) is 46.9 Å². The quantitative estimate of drug-likeness (QED) is 0.909. The van der Waals surface area contributed by atoms with E-state index in [1.54, 1.807) is 24.5 Å². The van der Waals surface area contributed by atoms with Crippen LogP contribution in [-0.4, -0.2) is 9.97 Å². The molecule has 0 radical (unpaired) electrons. The van der Waals surface area contributed by atoms with E-state index in [4.69, 9.17) is 22.1 Å². The first-order valence-corrected chi connectivity index (χ1v) is 5.52. The highest BCUT2D eigenvalue weighted by molar-refractivity contribution is 6.31. The Labute approximate surface area is 104 Å². The minimum Gasteiger partial charge on any atom is -0.437 e. The third kappa shape index (κ3) is 2.93. The van der Waals surface area contributed by atoms with Gasteiger partial charge in [0.05, 0.1) is 11.9 Å². The first-order chi connectivity index (χ1) is 8.19. The van der Waals surface area contributed by atoms with E-state index in [-0.39, 0.29) is 0 Å². The molecule has 0 saturated carbocycles. The van der Waals surface area contributed by atoms with Crippen LogP contribution in [0.3, 0.4) is 0 Å². The largest absolute Gasteiger partial charge is 0.437 e. The van der Waals surface area contributed by atoms with Gasteiger partial charge in [0, 0.05) is 17.8 Å². The third-order valence-electron chi connectivity index (χ3n) is 2.22. The number of nitrogens with zero attached hydrogens (tertiary/aromatic N) is 2. The van der Waals surface area contributed by atoms with E-state index < -0.39 is 0 Å². The lowest BCUT2D eigenvalue weighted by atomic mass is 10.2. The number of halogens is 1. The molecule has 2 N–H and O–H groups in total. The fraction of sp³-hybridized carbons (Fsp3) is 0.167. The van der Waals surface area contributed by atoms with Crippen molar-refractivity contribution in [1.29, 1.82) is 0 Å². The number of ether oxygens (including phenoxy) is 1. The molecule has 2 aromatic rings. The molecule has 1 aromatic carbocycles. The standard InChI is InChI=1S/C12H12ClN3O/c1-8-4-10(2-3-11(8)13)17-12-7-15-6-9(5-14)16-12/h2-4,6-7H,5,14H2,1H3. The predicted molar refractivity (Wildman–Crippen MR) is 66.2 cm³/mol. The normalized spacial score (nSPS) is 10.3. The van der Waals surface area contributed by atoms with Crippen LogP contribution in [0.5, 0.6) is 11.6 Å². The molecular weight excluding hydrogens is 238 g/mol. The van der Waals surface area contributed by atoms with Crippen molar-refractivity contribution in [3.63, 3.8) is 0 Å². The summed E-state index contributed by atoms with van der Waals surface area (Å²) >= 11 is 5.93. The average Bonchev–Trinajstić information content (AvgIpc) is 2.34. The Kier molecular flexibility index (Phi) is 3.56. The van der Waals surface area contributed by atoms with Crippen LogP contribution >= 0.6 is 11.6 Å². The Bertz CT molecular complexity index is 531. The number of nitrogens with two attached hydrogens (primary N) is 1. The topological polar surface area (TPSA) is 61.0 Å². The molecule has 88 valence electrons. The molecule has 0 saturated heterocycles. The van der Waals surface area contributed by atoms with E-state index in [1.807, 2.05) is 13.0 Å². The second kappa shape index (κ2) is 5.12. The van der Waals surface area contributed by atoms with Crippen molar-refractivity contribution in [2.24, 2.45) is 5.73 Å². The van der Waals surface area contributed by atoms with Gasteiger partial charge in [-0.2, -0.15) is 0 Å². The zero-order chi connectivity index (χ0) is 12.3. The maximum absolute atomic E-state index is 5.93. The molecule has 5 heteroatoms. The molecule has 1 aromatic heterocycles. The summed E-state index contributed by atoms with van der Waals surface area (Å²) in [4.78, 5) is 8.19. The Morgan fingerprint density at radius 2 is 2.18 bits per heavy atom. The first kappa shape index (κ1) is 11.8. The van der Waals surface area contributed by atoms with Crippen LogP contribution in [0.25, 0.3) is 0 Å². The third-order valence-corrected chi connectivity index (χ3v) is 2.65. The minimum absolute atomic E-state index is 0.337. The van der Waals surface area contributed by atoms with E-state index in [9.17, 15) is 0 Å². The highest BCUT2D eigenvalue weighted by Gasteiger charge is 2.02. The summed E-state index contributed by atoms with van der Waals surface area (Å²) in [6.07, 6.45) is 3.16. The van der Waals surface area contributed by atoms with Gasteiger partial charge in [0.25, 0.3) is 0 Å². The van der Waals surface area contributed by atoms with E-state index in [1.165, 1.54) is 0 Å². The van der Waals surface area contributed by atoms with Crippen molar-refractivity contribution in [1.82, 2.24) is 9.97 Å². The molecule has 2 rings (SSSR count). The highest BCUT2D eigenvalue weighted by atomic mass is 35.5. The smallest absolute Gasteiger partial charge is 0.238 e. The lowest BCUT2D eigenvalue weighted by Crippen LogP contribution is -2.01. The summed E-state index contributed by atoms with van der Waals surface area (Å²) in [6, 6.07) is 5.41. The molecule has 17 heavy (non-hydrogen) atoms. The second-order valence-electron chi connectivity index (χ2n) is 3.57. The Hall–Kier alpha value is -1.65. The number of rotatable bonds is 3. The van der Waals surface area contributed by atoms with Gasteiger partial charge < -0.3 is 10.5 Å². The first-order valence-electron chi connectivity index (χ1n) is 5.14. The van der Waals surface area contributed by atoms with Gasteiger partial charge in [0.1, 0.15) is 5.75 Å². The summed E-state index contributed by atoms with van der Waals surface area (Å²) < 4.78 is 5.57. The number of hydrogen-bond donors (Lipinski definition) is 1. The van der Waals surface area contributed by atoms with Crippen molar-refractivity contribution < 1.29 is 4.74 Å². The van der Waals surface area contributed by atoms with Crippen LogP contribution in [0.1, 0.15) is 11.3 Å². The molecular formula is C12H12ClN3O. The predicted octanol–water partition coefficient (Wildman–Crippen LogP) is 2.69. The van der Waals surface area contributed by atoms with Gasteiger partial charge in [-0.1, -0.05) is 11.6 Å². The van der Waals surface area contributed by atoms with Gasteiger partial charge >= 0.3 is 0 Å². The second-order valence-corrected chi connectivity index (χ2v) is 3.97. The summed E-state index contributed by atoms with van der Waals surface area (Å²) in [5.41, 5.74) is 7.12. The zero-order valence-electron chi connectivity index (χ0n) is 9.35. The highest BCUT2D eigenvalue weighted by Crippen LogP contribution is 2.24. The molecule has 0 fully saturated rings. The van der Waals surface area contributed by atoms with E-state index in [2.05, 4.69) is 9.97 Å². The summed E-state index contributed by atoms with van der Waals surface area (Å²) in [5, 5.41) is 0.708. The molecule has 0 amide bonds. The van der Waals surface area contributed by atoms with Crippen LogP contribution in [0.4, 0.5) is 0 Å². The number of aromatic nitrogens is 2. The fourth-order valence-corrected chi connectivity index (χ4v) is 1.45. The summed E-state index contributed by atoms with van der Waals surface area (Å²) in [6.45, 7) is 2.25. The van der Waals surface area contributed by atoms with Gasteiger partial charge in [-0.15, -0.1) is 0 Å². The minimum atomic E-state index is 0.337. The number of hydrogen-bond acceptors (Lipinski definition) is 4. The molecule has 4 nitrogen and oxygen atoms in total. The van der Waals surface area contributed by atoms with Crippen LogP contribution in [0.2, 0.25) is 5.02 Å². The van der Waals surface area contributed by atoms with Gasteiger partial charge in [0.15, 0.2) is 0 Å². The lowest BCUT2D eigenvalue weighted by Gasteiger charge is -2.06. The summed E-state index contributed by atoms with van der Waals surface area (Å²) in [7, 11) is 0. The van der Waals surface area contributed by atoms with Crippen molar-refractivity contribution in [2.45, 2.75) is 13.5 Å². The van der Waals surface area contributed by atoms with Crippen molar-refractivity contribution in [3.8, 4) is 11.6 Å². The van der Waals surface area contributed by atoms with Crippen LogP contribution < -0.4 is 10.5 Å². The van der Waals surface area contributed by atoms with E-state index in [0.717, 1.165) is 5.56 Å². The fourth-order valence-electron chi connectivity index (χ4n) is 1.34. The van der Waals surface area contributed by atoms with Gasteiger partial charge in [-0.05, 0) is 30.7 Å². The monoisotopic (exact) mass is 249 g/mol. The van der Waals surface area contributed by atoms with Gasteiger partial charge in [0.2, 0.25) is 5.88 Å². The molecule has 0 spiro atoms. The maximum atomic E-state index is 5.93. The number of aryl methyl sites for hydroxylation is 1. The summed E-state index contributed by atoms with van der Waals surface area (Å²) in [5.74, 6) is 1.10. The maximum Gasteiger partial charge on any atom is 0.238 e. The average molecular weight is 250 g/mol. The Balaban J connectivity index is 2.22. The van der Waals surface area contributed by atoms with Crippen molar-refractivity contribution in [2.75, 3.05) is 0 Å². The Morgan fingerprint density at radius 3 is 2.88 bits per heavy atom. The van der Waals surface area contributed by atoms with E-state index in [0.29, 0.717) is 28.9 Å². The molecule has 0 aliphatic heterocycles. The van der Waals surface area contributed by atoms with E-state index >= 15 is 0 Å². The molecule has 1 heterocycles. The van der Waals surface area contributed by atoms with Crippen LogP contribution in [-0.2, 0) is 6.54 Å². The molecule has 0 aliphatic rings. The zero-order valence-corrected chi connectivity index (χ0v) is 10.1. The van der Waals surface area contributed by atoms with Crippen molar-refractivity contribution >= 4 is 11.6 Å². The van der Waals surface area contributed by atoms with Gasteiger partial charge in [-0.25, -0.2) is 4.98 Å². The van der Waals surface area contributed by atoms with Crippen LogP contribution in [0, 0.1) is 6.92 Å². The van der Waals surface area contributed by atoms with Gasteiger partial charge in [-0.3, -0.25) is 4.98 Å². The Morgan fingerprint density at radius 1 is 1.35 bits per heavy atom. The lowest BCUT2D eigenvalue weighted by molar-refractivity contribution is 0.457. The molecule has 0 bridgehead atoms. The molecule has 0 aliphatic carbocycles. The van der Waals surface area contributed by atoms with Crippen LogP contribution in [0.15, 0.2) is 30.6 Å². The number of benzene rings is 1. The SMILES string of the molecule is Cc1cc(Oc2cncc(CN)n2)ccc1Cl. The molecule has 0 unspecified atom stereocenters. The molecule has 0 atom stereocenters.